The van der Waals surface area contributed by atoms with Crippen molar-refractivity contribution >= 4 is 29.0 Å². The number of aryl methyl sites for hydroxylation is 2. The third-order valence-electron chi connectivity index (χ3n) is 5.39. The van der Waals surface area contributed by atoms with E-state index in [1.807, 2.05) is 36.4 Å². The molecule has 0 spiro atoms. The van der Waals surface area contributed by atoms with Crippen molar-refractivity contribution in [3.63, 3.8) is 0 Å². The Morgan fingerprint density at radius 3 is 2.70 bits per heavy atom. The summed E-state index contributed by atoms with van der Waals surface area (Å²) in [6.45, 7) is 0. The largest absolute Gasteiger partial charge is 0.289 e. The quantitative estimate of drug-likeness (QED) is 0.380. The topological polar surface area (TPSA) is 70.1 Å². The number of aromatic nitrogens is 2. The Kier molecular flexibility index (Phi) is 4.69. The molecule has 1 aromatic heterocycles. The molecule has 5 nitrogen and oxygen atoms in total. The summed E-state index contributed by atoms with van der Waals surface area (Å²) in [7, 11) is 0. The first-order valence-electron chi connectivity index (χ1n) is 9.94. The van der Waals surface area contributed by atoms with Crippen molar-refractivity contribution in [2.75, 3.05) is 0 Å². The van der Waals surface area contributed by atoms with Gasteiger partial charge in [-0.15, -0.1) is 0 Å². The van der Waals surface area contributed by atoms with Crippen molar-refractivity contribution in [3.8, 4) is 11.3 Å². The van der Waals surface area contributed by atoms with Gasteiger partial charge in [0, 0.05) is 11.8 Å². The van der Waals surface area contributed by atoms with Gasteiger partial charge < -0.3 is 0 Å². The molecule has 1 heterocycles. The van der Waals surface area contributed by atoms with Gasteiger partial charge in [-0.05, 0) is 52.4 Å². The highest BCUT2D eigenvalue weighted by atomic mass is 16.2. The molecular formula is C25H20N4O. The number of allylic oxidation sites excluding steroid dienone is 1. The van der Waals surface area contributed by atoms with Crippen molar-refractivity contribution < 1.29 is 4.79 Å². The zero-order valence-corrected chi connectivity index (χ0v) is 16.3. The second kappa shape index (κ2) is 7.79. The number of amides is 1. The van der Waals surface area contributed by atoms with Crippen LogP contribution in [0, 0.1) is 0 Å². The summed E-state index contributed by atoms with van der Waals surface area (Å²) < 4.78 is 0. The van der Waals surface area contributed by atoms with Crippen LogP contribution in [0.4, 0.5) is 0 Å². The smallest absolute Gasteiger partial charge is 0.272 e. The van der Waals surface area contributed by atoms with Gasteiger partial charge in [0.1, 0.15) is 5.69 Å². The number of rotatable bonds is 5. The van der Waals surface area contributed by atoms with E-state index in [2.05, 4.69) is 51.1 Å². The lowest BCUT2D eigenvalue weighted by molar-refractivity contribution is 0.0950. The van der Waals surface area contributed by atoms with E-state index in [0.717, 1.165) is 29.7 Å². The van der Waals surface area contributed by atoms with E-state index in [4.69, 9.17) is 0 Å². The van der Waals surface area contributed by atoms with E-state index >= 15 is 0 Å². The molecule has 4 aromatic rings. The lowest BCUT2D eigenvalue weighted by Crippen LogP contribution is -2.17. The van der Waals surface area contributed by atoms with E-state index in [9.17, 15) is 4.79 Å². The average Bonchev–Trinajstić information content (AvgIpc) is 3.43. The number of hydrogen-bond donors (Lipinski definition) is 2. The maximum absolute atomic E-state index is 12.4. The number of nitrogens with one attached hydrogen (secondary N) is 2. The summed E-state index contributed by atoms with van der Waals surface area (Å²) in [4.78, 5) is 12.4. The molecule has 0 fully saturated rings. The van der Waals surface area contributed by atoms with Crippen LogP contribution in [0.3, 0.4) is 0 Å². The fourth-order valence-electron chi connectivity index (χ4n) is 3.96. The molecule has 146 valence electrons. The first-order valence-corrected chi connectivity index (χ1v) is 9.94. The predicted octanol–water partition coefficient (Wildman–Crippen LogP) is 4.76. The van der Waals surface area contributed by atoms with Gasteiger partial charge in [0.05, 0.1) is 5.69 Å². The van der Waals surface area contributed by atoms with Gasteiger partial charge in [-0.3, -0.25) is 9.89 Å². The number of hydrazone groups is 1. The number of carbonyl (C=O) groups excluding carboxylic acids is 1. The van der Waals surface area contributed by atoms with Gasteiger partial charge in [0.2, 0.25) is 0 Å². The van der Waals surface area contributed by atoms with Crippen LogP contribution in [0.1, 0.15) is 27.2 Å². The molecule has 1 aliphatic carbocycles. The number of aromatic amines is 1. The van der Waals surface area contributed by atoms with Gasteiger partial charge in [-0.2, -0.15) is 10.2 Å². The van der Waals surface area contributed by atoms with E-state index in [1.165, 1.54) is 21.9 Å². The number of H-pyrrole nitrogens is 1. The van der Waals surface area contributed by atoms with Crippen LogP contribution in [0.15, 0.2) is 77.9 Å². The first kappa shape index (κ1) is 18.1. The Hall–Kier alpha value is -3.99. The Bertz CT molecular complexity index is 1280. The highest BCUT2D eigenvalue weighted by Gasteiger charge is 2.18. The van der Waals surface area contributed by atoms with Crippen LogP contribution in [0.5, 0.6) is 0 Å². The predicted molar refractivity (Wildman–Crippen MR) is 120 cm³/mol. The van der Waals surface area contributed by atoms with Crippen molar-refractivity contribution in [2.45, 2.75) is 12.8 Å². The van der Waals surface area contributed by atoms with Crippen LogP contribution >= 0.6 is 0 Å². The third kappa shape index (κ3) is 3.42. The van der Waals surface area contributed by atoms with Crippen LogP contribution in [-0.2, 0) is 12.8 Å². The van der Waals surface area contributed by atoms with Gasteiger partial charge >= 0.3 is 0 Å². The minimum Gasteiger partial charge on any atom is -0.272 e. The number of carbonyl (C=O) groups is 1. The zero-order chi connectivity index (χ0) is 20.3. The summed E-state index contributed by atoms with van der Waals surface area (Å²) in [5.41, 5.74) is 8.52. The molecule has 0 aliphatic heterocycles. The molecule has 3 aromatic carbocycles. The summed E-state index contributed by atoms with van der Waals surface area (Å²) in [6, 6.07) is 22.3. The van der Waals surface area contributed by atoms with Crippen molar-refractivity contribution in [1.29, 1.82) is 0 Å². The number of hydrogen-bond acceptors (Lipinski definition) is 3. The molecule has 1 aliphatic rings. The summed E-state index contributed by atoms with van der Waals surface area (Å²) in [5, 5.41) is 13.7. The van der Waals surface area contributed by atoms with Crippen molar-refractivity contribution in [3.05, 3.63) is 95.2 Å². The summed E-state index contributed by atoms with van der Waals surface area (Å²) >= 11 is 0. The fraction of sp³-hybridized carbons (Fsp3) is 0.0800. The second-order valence-corrected chi connectivity index (χ2v) is 7.27. The van der Waals surface area contributed by atoms with Gasteiger partial charge in [0.15, 0.2) is 0 Å². The van der Waals surface area contributed by atoms with Crippen molar-refractivity contribution in [2.24, 2.45) is 5.10 Å². The molecule has 1 amide bonds. The monoisotopic (exact) mass is 392 g/mol. The maximum atomic E-state index is 12.4. The van der Waals surface area contributed by atoms with Gasteiger partial charge in [-0.1, -0.05) is 66.7 Å². The van der Waals surface area contributed by atoms with Crippen molar-refractivity contribution in [1.82, 2.24) is 15.6 Å². The lowest BCUT2D eigenvalue weighted by atomic mass is 9.98. The molecule has 5 rings (SSSR count). The average molecular weight is 392 g/mol. The van der Waals surface area contributed by atoms with Gasteiger partial charge in [-0.25, -0.2) is 5.43 Å². The fourth-order valence-corrected chi connectivity index (χ4v) is 3.96. The standard InChI is InChI=1S/C25H20N4O/c30-25(29-26-15-5-8-17-6-2-1-3-7-17)23-16-22(27-28-23)20-14-13-19-12-11-18-9-4-10-21(20)24(18)19/h1-10,13-16H,11-12H2,(H,27,28)(H,29,30)/b8-5+,26-15+. The highest BCUT2D eigenvalue weighted by molar-refractivity contribution is 6.02. The molecule has 2 N–H and O–H groups in total. The summed E-state index contributed by atoms with van der Waals surface area (Å²) in [5.74, 6) is -0.330. The molecule has 30 heavy (non-hydrogen) atoms. The van der Waals surface area contributed by atoms with E-state index in [0.29, 0.717) is 5.69 Å². The molecule has 0 saturated carbocycles. The molecule has 0 radical (unpaired) electrons. The van der Waals surface area contributed by atoms with Crippen LogP contribution in [0.25, 0.3) is 28.1 Å². The summed E-state index contributed by atoms with van der Waals surface area (Å²) in [6.07, 6.45) is 7.41. The lowest BCUT2D eigenvalue weighted by Gasteiger charge is -2.06. The normalized spacial score (nSPS) is 12.9. The molecule has 0 bridgehead atoms. The minimum atomic E-state index is -0.330. The van der Waals surface area contributed by atoms with Crippen LogP contribution in [-0.4, -0.2) is 22.3 Å². The molecule has 5 heteroatoms. The number of nitrogens with zero attached hydrogens (tertiary/aromatic N) is 2. The zero-order valence-electron chi connectivity index (χ0n) is 16.3. The Morgan fingerprint density at radius 1 is 1.00 bits per heavy atom. The molecule has 0 unspecified atom stereocenters. The van der Waals surface area contributed by atoms with E-state index in [-0.39, 0.29) is 5.91 Å². The Balaban J connectivity index is 1.31. The Morgan fingerprint density at radius 2 is 1.83 bits per heavy atom. The Labute approximate surface area is 174 Å². The second-order valence-electron chi connectivity index (χ2n) is 7.27. The molecular weight excluding hydrogens is 372 g/mol. The van der Waals surface area contributed by atoms with E-state index in [1.54, 1.807) is 18.4 Å². The molecule has 0 atom stereocenters. The van der Waals surface area contributed by atoms with Crippen LogP contribution < -0.4 is 5.43 Å². The highest BCUT2D eigenvalue weighted by Crippen LogP contribution is 2.36. The SMILES string of the molecule is O=C(N/N=C/C=C/c1ccccc1)c1cc(-c2ccc3c4c(cccc24)CC3)n[nH]1. The molecule has 0 saturated heterocycles. The van der Waals surface area contributed by atoms with Gasteiger partial charge in [0.25, 0.3) is 5.91 Å². The number of benzene rings is 3. The first-order chi connectivity index (χ1) is 14.8. The minimum absolute atomic E-state index is 0.330. The third-order valence-corrected chi connectivity index (χ3v) is 5.39. The van der Waals surface area contributed by atoms with E-state index < -0.39 is 0 Å². The van der Waals surface area contributed by atoms with Crippen LogP contribution in [0.2, 0.25) is 0 Å². The maximum Gasteiger partial charge on any atom is 0.289 e.